The zero-order chi connectivity index (χ0) is 19.9. The van der Waals surface area contributed by atoms with Gasteiger partial charge in [0.2, 0.25) is 0 Å². The van der Waals surface area contributed by atoms with Crippen LogP contribution < -0.4 is 10.2 Å². The van der Waals surface area contributed by atoms with E-state index in [9.17, 15) is 18.0 Å². The first-order chi connectivity index (χ1) is 13.3. The van der Waals surface area contributed by atoms with Crippen molar-refractivity contribution in [3.05, 3.63) is 41.7 Å². The monoisotopic (exact) mass is 409 g/mol. The Morgan fingerprint density at radius 1 is 1.32 bits per heavy atom. The quantitative estimate of drug-likeness (QED) is 0.720. The van der Waals surface area contributed by atoms with Crippen LogP contribution in [-0.4, -0.2) is 39.8 Å². The fourth-order valence-electron chi connectivity index (χ4n) is 3.37. The molecule has 28 heavy (non-hydrogen) atoms. The van der Waals surface area contributed by atoms with Gasteiger partial charge in [0.25, 0.3) is 5.91 Å². The Morgan fingerprint density at radius 3 is 2.86 bits per heavy atom. The minimum absolute atomic E-state index is 0.0188. The van der Waals surface area contributed by atoms with Crippen LogP contribution in [0.15, 0.2) is 30.5 Å². The third-order valence-corrected chi connectivity index (χ3v) is 5.77. The number of carbonyl (C=O) groups excluding carboxylic acids is 1. The van der Waals surface area contributed by atoms with Gasteiger partial charge in [0.15, 0.2) is 5.13 Å². The first-order valence-electron chi connectivity index (χ1n) is 8.83. The highest BCUT2D eigenvalue weighted by Gasteiger charge is 2.34. The van der Waals surface area contributed by atoms with Crippen molar-refractivity contribution < 1.29 is 18.0 Å². The number of anilines is 1. The van der Waals surface area contributed by atoms with Crippen LogP contribution in [0.5, 0.6) is 0 Å². The van der Waals surface area contributed by atoms with E-state index in [4.69, 9.17) is 0 Å². The third-order valence-electron chi connectivity index (χ3n) is 4.69. The Morgan fingerprint density at radius 2 is 2.14 bits per heavy atom. The van der Waals surface area contributed by atoms with Crippen LogP contribution in [0, 0.1) is 0 Å². The molecule has 1 atom stereocenters. The molecule has 1 aliphatic heterocycles. The molecule has 0 radical (unpaired) electrons. The van der Waals surface area contributed by atoms with E-state index in [1.807, 2.05) is 4.90 Å². The number of piperidine rings is 1. The Bertz CT molecular complexity index is 1010. The van der Waals surface area contributed by atoms with Crippen LogP contribution >= 0.6 is 11.3 Å². The second-order valence-corrected chi connectivity index (χ2v) is 7.79. The van der Waals surface area contributed by atoms with E-state index in [0.717, 1.165) is 18.9 Å². The lowest BCUT2D eigenvalue weighted by Gasteiger charge is -2.32. The number of rotatable bonds is 3. The maximum atomic E-state index is 13.2. The Labute approximate surface area is 163 Å². The van der Waals surface area contributed by atoms with Crippen molar-refractivity contribution in [1.82, 2.24) is 20.1 Å². The summed E-state index contributed by atoms with van der Waals surface area (Å²) in [7, 11) is 1.74. The number of nitrogens with one attached hydrogen (secondary N) is 1. The van der Waals surface area contributed by atoms with Gasteiger partial charge in [-0.25, -0.2) is 4.98 Å². The molecular weight excluding hydrogens is 391 g/mol. The van der Waals surface area contributed by atoms with Gasteiger partial charge in [-0.1, -0.05) is 17.4 Å². The number of hydrogen-bond donors (Lipinski definition) is 1. The second kappa shape index (κ2) is 7.08. The summed E-state index contributed by atoms with van der Waals surface area (Å²) >= 11 is 1.24. The zero-order valence-corrected chi connectivity index (χ0v) is 15.8. The van der Waals surface area contributed by atoms with Gasteiger partial charge in [-0.15, -0.1) is 0 Å². The summed E-state index contributed by atoms with van der Waals surface area (Å²) in [6.07, 6.45) is -1.13. The topological polar surface area (TPSA) is 63.1 Å². The highest BCUT2D eigenvalue weighted by Crippen LogP contribution is 2.38. The summed E-state index contributed by atoms with van der Waals surface area (Å²) in [5.74, 6) is -0.254. The number of benzene rings is 1. The predicted molar refractivity (Wildman–Crippen MR) is 101 cm³/mol. The minimum atomic E-state index is -4.44. The number of nitrogens with zero attached hydrogens (tertiary/aromatic N) is 4. The molecule has 6 nitrogen and oxygen atoms in total. The van der Waals surface area contributed by atoms with Crippen molar-refractivity contribution in [2.24, 2.45) is 7.05 Å². The molecule has 1 N–H and O–H groups in total. The molecule has 0 spiro atoms. The van der Waals surface area contributed by atoms with Crippen LogP contribution in [0.3, 0.4) is 0 Å². The average Bonchev–Trinajstić information content (AvgIpc) is 3.27. The van der Waals surface area contributed by atoms with E-state index in [1.54, 1.807) is 30.1 Å². The molecule has 1 aromatic carbocycles. The fraction of sp³-hybridized carbons (Fsp3) is 0.389. The van der Waals surface area contributed by atoms with E-state index in [1.165, 1.54) is 17.4 Å². The van der Waals surface area contributed by atoms with E-state index >= 15 is 0 Å². The number of amides is 1. The molecule has 4 rings (SSSR count). The maximum Gasteiger partial charge on any atom is 0.418 e. The molecule has 10 heteroatoms. The predicted octanol–water partition coefficient (Wildman–Crippen LogP) is 3.45. The smallest absolute Gasteiger partial charge is 0.346 e. The van der Waals surface area contributed by atoms with E-state index in [-0.39, 0.29) is 17.5 Å². The number of halogens is 3. The molecule has 2 aromatic heterocycles. The van der Waals surface area contributed by atoms with Crippen molar-refractivity contribution in [3.8, 4) is 0 Å². The highest BCUT2D eigenvalue weighted by atomic mass is 32.1. The Balaban J connectivity index is 1.52. The van der Waals surface area contributed by atoms with Gasteiger partial charge in [-0.2, -0.15) is 18.3 Å². The van der Waals surface area contributed by atoms with E-state index in [2.05, 4.69) is 15.4 Å². The number of alkyl halides is 3. The molecule has 148 valence electrons. The molecule has 1 amide bonds. The molecule has 3 heterocycles. The van der Waals surface area contributed by atoms with Crippen LogP contribution in [0.1, 0.15) is 28.9 Å². The molecule has 1 saturated heterocycles. The summed E-state index contributed by atoms with van der Waals surface area (Å²) in [6.45, 7) is 1.19. The maximum absolute atomic E-state index is 13.2. The van der Waals surface area contributed by atoms with Gasteiger partial charge in [-0.05, 0) is 31.0 Å². The van der Waals surface area contributed by atoms with E-state index in [0.29, 0.717) is 28.6 Å². The summed E-state index contributed by atoms with van der Waals surface area (Å²) < 4.78 is 41.8. The van der Waals surface area contributed by atoms with Gasteiger partial charge in [0, 0.05) is 32.4 Å². The molecule has 1 fully saturated rings. The van der Waals surface area contributed by atoms with Crippen LogP contribution in [0.4, 0.5) is 18.3 Å². The minimum Gasteiger partial charge on any atom is -0.346 e. The summed E-state index contributed by atoms with van der Waals surface area (Å²) in [6, 6.07) is 5.63. The van der Waals surface area contributed by atoms with Gasteiger partial charge in [0.05, 0.1) is 15.8 Å². The Hall–Kier alpha value is -2.62. The number of thiazole rings is 1. The van der Waals surface area contributed by atoms with Gasteiger partial charge in [-0.3, -0.25) is 9.48 Å². The largest absolute Gasteiger partial charge is 0.418 e. The lowest BCUT2D eigenvalue weighted by molar-refractivity contribution is -0.136. The van der Waals surface area contributed by atoms with Gasteiger partial charge < -0.3 is 10.2 Å². The van der Waals surface area contributed by atoms with Gasteiger partial charge in [0.1, 0.15) is 5.69 Å². The molecule has 0 bridgehead atoms. The Kier molecular flexibility index (Phi) is 4.74. The van der Waals surface area contributed by atoms with Gasteiger partial charge >= 0.3 is 6.18 Å². The number of carbonyl (C=O) groups is 1. The third kappa shape index (κ3) is 3.68. The van der Waals surface area contributed by atoms with Crippen LogP contribution in [0.2, 0.25) is 0 Å². The summed E-state index contributed by atoms with van der Waals surface area (Å²) in [4.78, 5) is 18.5. The molecule has 0 saturated carbocycles. The lowest BCUT2D eigenvalue weighted by atomic mass is 10.1. The standard InChI is InChI=1S/C18H18F3N5OS/c1-25-9-7-13(24-25)16(27)22-11-4-3-8-26(10-11)17-23-15-12(18(19,20)21)5-2-6-14(15)28-17/h2,5-7,9,11H,3-4,8,10H2,1H3,(H,22,27). The normalized spacial score (nSPS) is 17.9. The first kappa shape index (κ1) is 18.7. The second-order valence-electron chi connectivity index (χ2n) is 6.78. The molecule has 1 aliphatic rings. The first-order valence-corrected chi connectivity index (χ1v) is 9.65. The van der Waals surface area contributed by atoms with Crippen molar-refractivity contribution in [2.45, 2.75) is 25.1 Å². The molecule has 1 unspecified atom stereocenters. The fourth-order valence-corrected chi connectivity index (χ4v) is 4.39. The number of aromatic nitrogens is 3. The highest BCUT2D eigenvalue weighted by molar-refractivity contribution is 7.22. The number of para-hydroxylation sites is 1. The molecule has 0 aliphatic carbocycles. The van der Waals surface area contributed by atoms with Crippen molar-refractivity contribution in [1.29, 1.82) is 0 Å². The number of aryl methyl sites for hydroxylation is 1. The number of fused-ring (bicyclic) bond motifs is 1. The zero-order valence-electron chi connectivity index (χ0n) is 15.0. The molecule has 3 aromatic rings. The summed E-state index contributed by atoms with van der Waals surface area (Å²) in [5.41, 5.74) is -0.395. The van der Waals surface area contributed by atoms with Crippen molar-refractivity contribution in [3.63, 3.8) is 0 Å². The lowest BCUT2D eigenvalue weighted by Crippen LogP contribution is -2.47. The average molecular weight is 409 g/mol. The van der Waals surface area contributed by atoms with E-state index < -0.39 is 11.7 Å². The van der Waals surface area contributed by atoms with Crippen LogP contribution in [-0.2, 0) is 13.2 Å². The summed E-state index contributed by atoms with van der Waals surface area (Å²) in [5, 5.41) is 7.59. The van der Waals surface area contributed by atoms with Crippen molar-refractivity contribution in [2.75, 3.05) is 18.0 Å². The van der Waals surface area contributed by atoms with Crippen molar-refractivity contribution >= 4 is 32.6 Å². The SMILES string of the molecule is Cn1ccc(C(=O)NC2CCCN(c3nc4c(C(F)(F)F)cccc4s3)C2)n1. The van der Waals surface area contributed by atoms with Crippen LogP contribution in [0.25, 0.3) is 10.2 Å². The molecular formula is C18H18F3N5OS. The number of hydrogen-bond acceptors (Lipinski definition) is 5.